The molecule has 0 amide bonds. The van der Waals surface area contributed by atoms with Gasteiger partial charge in [0, 0.05) is 23.7 Å². The van der Waals surface area contributed by atoms with Gasteiger partial charge in [-0.15, -0.1) is 0 Å². The number of fused-ring (bicyclic) bond motifs is 2. The Balaban J connectivity index is 2.32. The minimum absolute atomic E-state index is 0.422. The van der Waals surface area contributed by atoms with Crippen LogP contribution in [0.15, 0.2) is 18.2 Å². The van der Waals surface area contributed by atoms with Gasteiger partial charge in [0.2, 0.25) is 0 Å². The van der Waals surface area contributed by atoms with Crippen molar-refractivity contribution in [2.45, 2.75) is 25.4 Å². The summed E-state index contributed by atoms with van der Waals surface area (Å²) in [5.74, 6) is 0.802. The second-order valence-electron chi connectivity index (χ2n) is 4.89. The summed E-state index contributed by atoms with van der Waals surface area (Å²) < 4.78 is 5.27. The molecule has 0 spiro atoms. The number of aryl methyl sites for hydroxylation is 1. The Morgan fingerprint density at radius 3 is 3.00 bits per heavy atom. The molecule has 1 aromatic heterocycles. The third kappa shape index (κ3) is 1.92. The van der Waals surface area contributed by atoms with Crippen LogP contribution in [0.5, 0.6) is 5.75 Å². The number of pyridine rings is 1. The summed E-state index contributed by atoms with van der Waals surface area (Å²) >= 11 is 0. The molecule has 3 rings (SSSR count). The molecule has 4 heteroatoms. The van der Waals surface area contributed by atoms with E-state index in [1.165, 1.54) is 0 Å². The van der Waals surface area contributed by atoms with E-state index in [-0.39, 0.29) is 0 Å². The monoisotopic (exact) mass is 258 g/mol. The molecule has 0 saturated carbocycles. The maximum atomic E-state index is 10.2. The summed E-state index contributed by atoms with van der Waals surface area (Å²) in [5, 5.41) is 14.5. The van der Waals surface area contributed by atoms with E-state index >= 15 is 0 Å². The molecular weight excluding hydrogens is 240 g/mol. The summed E-state index contributed by atoms with van der Waals surface area (Å²) in [6.07, 6.45) is 2.31. The number of aliphatic hydroxyl groups is 1. The van der Waals surface area contributed by atoms with Crippen molar-refractivity contribution in [2.75, 3.05) is 19.5 Å². The Morgan fingerprint density at radius 1 is 1.42 bits per heavy atom. The summed E-state index contributed by atoms with van der Waals surface area (Å²) in [5.41, 5.74) is 3.89. The van der Waals surface area contributed by atoms with Crippen LogP contribution in [-0.2, 0) is 6.42 Å². The second-order valence-corrected chi connectivity index (χ2v) is 4.89. The van der Waals surface area contributed by atoms with Crippen LogP contribution in [0.3, 0.4) is 0 Å². The molecule has 0 radical (unpaired) electrons. The molecule has 0 fully saturated rings. The van der Waals surface area contributed by atoms with Crippen LogP contribution >= 0.6 is 0 Å². The van der Waals surface area contributed by atoms with Crippen LogP contribution in [0, 0.1) is 0 Å². The van der Waals surface area contributed by atoms with Crippen LogP contribution in [0.1, 0.15) is 30.2 Å². The van der Waals surface area contributed by atoms with Crippen molar-refractivity contribution in [2.24, 2.45) is 0 Å². The molecule has 2 N–H and O–H groups in total. The molecule has 0 bridgehead atoms. The zero-order valence-electron chi connectivity index (χ0n) is 11.2. The number of aliphatic hydroxyl groups excluding tert-OH is 1. The van der Waals surface area contributed by atoms with Crippen LogP contribution in [0.4, 0.5) is 5.69 Å². The Bertz CT molecular complexity index is 625. The summed E-state index contributed by atoms with van der Waals surface area (Å²) in [6.45, 7) is 0. The second kappa shape index (κ2) is 4.70. The third-order valence-electron chi connectivity index (χ3n) is 3.78. The van der Waals surface area contributed by atoms with Gasteiger partial charge in [0.25, 0.3) is 0 Å². The number of aromatic nitrogens is 1. The molecule has 1 atom stereocenters. The SMILES string of the molecule is CNc1c2c(nc3ccc(OC)cc13)CCCC2O. The van der Waals surface area contributed by atoms with Gasteiger partial charge in [0.05, 0.1) is 24.4 Å². The molecule has 1 aliphatic rings. The first-order valence-corrected chi connectivity index (χ1v) is 6.61. The third-order valence-corrected chi connectivity index (χ3v) is 3.78. The average molecular weight is 258 g/mol. The van der Waals surface area contributed by atoms with Crippen molar-refractivity contribution in [3.8, 4) is 5.75 Å². The van der Waals surface area contributed by atoms with Gasteiger partial charge in [-0.05, 0) is 37.5 Å². The quantitative estimate of drug-likeness (QED) is 0.869. The van der Waals surface area contributed by atoms with E-state index in [2.05, 4.69) is 5.32 Å². The van der Waals surface area contributed by atoms with E-state index < -0.39 is 6.10 Å². The number of anilines is 1. The van der Waals surface area contributed by atoms with Crippen molar-refractivity contribution in [3.05, 3.63) is 29.5 Å². The number of methoxy groups -OCH3 is 1. The van der Waals surface area contributed by atoms with Gasteiger partial charge in [-0.3, -0.25) is 4.98 Å². The van der Waals surface area contributed by atoms with Crippen LogP contribution < -0.4 is 10.1 Å². The van der Waals surface area contributed by atoms with Crippen LogP contribution in [-0.4, -0.2) is 24.2 Å². The molecule has 19 heavy (non-hydrogen) atoms. The minimum atomic E-state index is -0.422. The predicted molar refractivity (Wildman–Crippen MR) is 75.7 cm³/mol. The predicted octanol–water partition coefficient (Wildman–Crippen LogP) is 2.65. The molecule has 0 saturated heterocycles. The summed E-state index contributed by atoms with van der Waals surface area (Å²) in [7, 11) is 3.54. The maximum absolute atomic E-state index is 10.2. The van der Waals surface area contributed by atoms with E-state index in [1.54, 1.807) is 7.11 Å². The number of hydrogen-bond acceptors (Lipinski definition) is 4. The highest BCUT2D eigenvalue weighted by molar-refractivity contribution is 5.94. The van der Waals surface area contributed by atoms with E-state index in [0.29, 0.717) is 0 Å². The van der Waals surface area contributed by atoms with Gasteiger partial charge in [0.15, 0.2) is 0 Å². The highest BCUT2D eigenvalue weighted by Gasteiger charge is 2.24. The highest BCUT2D eigenvalue weighted by Crippen LogP contribution is 2.39. The standard InChI is InChI=1S/C15H18N2O2/c1-16-15-10-8-9(19-2)6-7-11(10)17-12-4-3-5-13(18)14(12)15/h6-8,13,18H,3-5H2,1-2H3,(H,16,17). The molecule has 0 aliphatic heterocycles. The van der Waals surface area contributed by atoms with Crippen LogP contribution in [0.2, 0.25) is 0 Å². The van der Waals surface area contributed by atoms with Crippen molar-refractivity contribution in [1.29, 1.82) is 0 Å². The van der Waals surface area contributed by atoms with E-state index in [0.717, 1.165) is 52.9 Å². The Hall–Kier alpha value is -1.81. The fourth-order valence-corrected chi connectivity index (χ4v) is 2.86. The zero-order valence-corrected chi connectivity index (χ0v) is 11.2. The molecule has 100 valence electrons. The smallest absolute Gasteiger partial charge is 0.119 e. The molecule has 1 unspecified atom stereocenters. The number of nitrogens with zero attached hydrogens (tertiary/aromatic N) is 1. The van der Waals surface area contributed by atoms with Gasteiger partial charge < -0.3 is 15.2 Å². The first kappa shape index (κ1) is 12.2. The molecule has 4 nitrogen and oxygen atoms in total. The van der Waals surface area contributed by atoms with Crippen molar-refractivity contribution in [1.82, 2.24) is 4.98 Å². The lowest BCUT2D eigenvalue weighted by molar-refractivity contribution is 0.156. The van der Waals surface area contributed by atoms with Gasteiger partial charge in [-0.1, -0.05) is 0 Å². The number of ether oxygens (including phenoxy) is 1. The molecular formula is C15H18N2O2. The number of nitrogens with one attached hydrogen (secondary N) is 1. The lowest BCUT2D eigenvalue weighted by Gasteiger charge is -2.25. The minimum Gasteiger partial charge on any atom is -0.497 e. The average Bonchev–Trinajstić information content (AvgIpc) is 2.44. The van der Waals surface area contributed by atoms with E-state index in [4.69, 9.17) is 9.72 Å². The largest absolute Gasteiger partial charge is 0.497 e. The zero-order chi connectivity index (χ0) is 13.4. The maximum Gasteiger partial charge on any atom is 0.119 e. The fraction of sp³-hybridized carbons (Fsp3) is 0.400. The van der Waals surface area contributed by atoms with Gasteiger partial charge in [-0.25, -0.2) is 0 Å². The first-order chi connectivity index (χ1) is 9.24. The Labute approximate surface area is 112 Å². The van der Waals surface area contributed by atoms with E-state index in [1.807, 2.05) is 25.2 Å². The Kier molecular flexibility index (Phi) is 3.03. The van der Waals surface area contributed by atoms with Crippen molar-refractivity contribution < 1.29 is 9.84 Å². The van der Waals surface area contributed by atoms with Gasteiger partial charge in [0.1, 0.15) is 5.75 Å². The molecule has 2 aromatic rings. The summed E-state index contributed by atoms with van der Waals surface area (Å²) in [6, 6.07) is 5.85. The van der Waals surface area contributed by atoms with Crippen LogP contribution in [0.25, 0.3) is 10.9 Å². The number of rotatable bonds is 2. The van der Waals surface area contributed by atoms with Crippen molar-refractivity contribution in [3.63, 3.8) is 0 Å². The molecule has 1 aliphatic carbocycles. The van der Waals surface area contributed by atoms with Gasteiger partial charge in [-0.2, -0.15) is 0 Å². The normalized spacial score (nSPS) is 18.2. The highest BCUT2D eigenvalue weighted by atomic mass is 16.5. The van der Waals surface area contributed by atoms with E-state index in [9.17, 15) is 5.11 Å². The lowest BCUT2D eigenvalue weighted by atomic mass is 9.90. The fourth-order valence-electron chi connectivity index (χ4n) is 2.86. The first-order valence-electron chi connectivity index (χ1n) is 6.61. The molecule has 1 aromatic carbocycles. The topological polar surface area (TPSA) is 54.4 Å². The lowest BCUT2D eigenvalue weighted by Crippen LogP contribution is -2.14. The summed E-state index contributed by atoms with van der Waals surface area (Å²) in [4.78, 5) is 4.69. The van der Waals surface area contributed by atoms with Crippen molar-refractivity contribution >= 4 is 16.6 Å². The number of hydrogen-bond donors (Lipinski definition) is 2. The number of benzene rings is 1. The van der Waals surface area contributed by atoms with Gasteiger partial charge >= 0.3 is 0 Å². The molecule has 1 heterocycles. The Morgan fingerprint density at radius 2 is 2.26 bits per heavy atom.